The predicted octanol–water partition coefficient (Wildman–Crippen LogP) is 2.54. The quantitative estimate of drug-likeness (QED) is 0.842. The van der Waals surface area contributed by atoms with E-state index in [4.69, 9.17) is 11.6 Å². The maximum atomic E-state index is 12.2. The van der Waals surface area contributed by atoms with Gasteiger partial charge in [-0.05, 0) is 44.8 Å². The Hall–Kier alpha value is -2.18. The first-order valence-corrected chi connectivity index (χ1v) is 8.05. The van der Waals surface area contributed by atoms with Gasteiger partial charge in [0.25, 0.3) is 0 Å². The van der Waals surface area contributed by atoms with Gasteiger partial charge in [0, 0.05) is 17.8 Å². The first kappa shape index (κ1) is 18.2. The third kappa shape index (κ3) is 5.79. The van der Waals surface area contributed by atoms with Crippen LogP contribution in [0.25, 0.3) is 0 Å². The normalized spacial score (nSPS) is 12.0. The van der Waals surface area contributed by atoms with Crippen LogP contribution in [0.4, 0.5) is 4.79 Å². The van der Waals surface area contributed by atoms with E-state index in [1.807, 2.05) is 50.2 Å². The van der Waals surface area contributed by atoms with Crippen molar-refractivity contribution >= 4 is 17.6 Å². The van der Waals surface area contributed by atoms with E-state index in [2.05, 4.69) is 20.6 Å². The summed E-state index contributed by atoms with van der Waals surface area (Å²) in [5.41, 5.74) is 1.77. The molecule has 1 aromatic carbocycles. The van der Waals surface area contributed by atoms with Crippen LogP contribution in [-0.2, 0) is 6.54 Å². The Bertz CT molecular complexity index is 675. The zero-order valence-corrected chi connectivity index (χ0v) is 14.8. The van der Waals surface area contributed by atoms with Gasteiger partial charge in [0.05, 0.1) is 18.3 Å². The molecule has 0 fully saturated rings. The van der Waals surface area contributed by atoms with Crippen molar-refractivity contribution in [3.63, 3.8) is 0 Å². The zero-order chi connectivity index (χ0) is 17.5. The molecule has 0 bridgehead atoms. The number of halogens is 1. The summed E-state index contributed by atoms with van der Waals surface area (Å²) in [7, 11) is 3.93. The van der Waals surface area contributed by atoms with E-state index < -0.39 is 0 Å². The number of benzene rings is 1. The Kier molecular flexibility index (Phi) is 6.52. The topological polar surface area (TPSA) is 70.2 Å². The summed E-state index contributed by atoms with van der Waals surface area (Å²) in [4.78, 5) is 22.5. The second kappa shape index (κ2) is 8.61. The standard InChI is InChI=1S/C17H22ClN5O/c1-12-19-9-8-15(21-12)10-20-17(24)22-16(11-23(2)3)13-4-6-14(18)7-5-13/h4-9,16H,10-11H2,1-3H3,(H2,20,22,24)/t16-/m0/s1. The number of nitrogens with one attached hydrogen (secondary N) is 2. The lowest BCUT2D eigenvalue weighted by Gasteiger charge is -2.23. The average molecular weight is 348 g/mol. The van der Waals surface area contributed by atoms with Gasteiger partial charge in [-0.25, -0.2) is 14.8 Å². The molecule has 0 saturated heterocycles. The molecule has 6 nitrogen and oxygen atoms in total. The molecule has 2 aromatic rings. The highest BCUT2D eigenvalue weighted by Gasteiger charge is 2.15. The molecule has 2 amide bonds. The number of hydrogen-bond donors (Lipinski definition) is 2. The van der Waals surface area contributed by atoms with Gasteiger partial charge in [0.15, 0.2) is 0 Å². The number of likely N-dealkylation sites (N-methyl/N-ethyl adjacent to an activating group) is 1. The van der Waals surface area contributed by atoms with Gasteiger partial charge in [-0.2, -0.15) is 0 Å². The van der Waals surface area contributed by atoms with Crippen LogP contribution in [0.1, 0.15) is 23.1 Å². The summed E-state index contributed by atoms with van der Waals surface area (Å²) < 4.78 is 0. The first-order chi connectivity index (χ1) is 11.4. The molecule has 0 saturated carbocycles. The van der Waals surface area contributed by atoms with Crippen LogP contribution in [0.15, 0.2) is 36.5 Å². The fourth-order valence-corrected chi connectivity index (χ4v) is 2.40. The molecule has 0 unspecified atom stereocenters. The lowest BCUT2D eigenvalue weighted by Crippen LogP contribution is -2.41. The molecule has 1 heterocycles. The number of carbonyl (C=O) groups excluding carboxylic acids is 1. The van der Waals surface area contributed by atoms with Gasteiger partial charge in [0.2, 0.25) is 0 Å². The van der Waals surface area contributed by atoms with Crippen LogP contribution in [0.5, 0.6) is 0 Å². The maximum absolute atomic E-state index is 12.2. The zero-order valence-electron chi connectivity index (χ0n) is 14.1. The summed E-state index contributed by atoms with van der Waals surface area (Å²) >= 11 is 5.94. The fourth-order valence-electron chi connectivity index (χ4n) is 2.28. The SMILES string of the molecule is Cc1nccc(CNC(=O)N[C@@H](CN(C)C)c2ccc(Cl)cc2)n1. The lowest BCUT2D eigenvalue weighted by molar-refractivity contribution is 0.232. The second-order valence-electron chi connectivity index (χ2n) is 5.79. The molecule has 2 N–H and O–H groups in total. The van der Waals surface area contributed by atoms with Gasteiger partial charge in [-0.1, -0.05) is 23.7 Å². The molecule has 1 atom stereocenters. The number of urea groups is 1. The van der Waals surface area contributed by atoms with E-state index in [0.717, 1.165) is 11.3 Å². The molecule has 2 rings (SSSR count). The number of amides is 2. The predicted molar refractivity (Wildman–Crippen MR) is 94.9 cm³/mol. The van der Waals surface area contributed by atoms with E-state index in [1.54, 1.807) is 12.3 Å². The van der Waals surface area contributed by atoms with Gasteiger partial charge in [0.1, 0.15) is 5.82 Å². The van der Waals surface area contributed by atoms with Gasteiger partial charge < -0.3 is 15.5 Å². The minimum absolute atomic E-state index is 0.135. The Labute approximate surface area is 147 Å². The summed E-state index contributed by atoms with van der Waals surface area (Å²) in [6, 6.07) is 8.89. The average Bonchev–Trinajstić information content (AvgIpc) is 2.53. The molecule has 128 valence electrons. The Morgan fingerprint density at radius 2 is 1.96 bits per heavy atom. The highest BCUT2D eigenvalue weighted by atomic mass is 35.5. The van der Waals surface area contributed by atoms with Crippen LogP contribution >= 0.6 is 11.6 Å². The lowest BCUT2D eigenvalue weighted by atomic mass is 10.1. The van der Waals surface area contributed by atoms with E-state index in [0.29, 0.717) is 23.9 Å². The highest BCUT2D eigenvalue weighted by molar-refractivity contribution is 6.30. The van der Waals surface area contributed by atoms with Gasteiger partial charge in [-0.15, -0.1) is 0 Å². The molecule has 1 aromatic heterocycles. The molecular formula is C17H22ClN5O. The largest absolute Gasteiger partial charge is 0.332 e. The van der Waals surface area contributed by atoms with Crippen molar-refractivity contribution in [2.45, 2.75) is 19.5 Å². The summed E-state index contributed by atoms with van der Waals surface area (Å²) in [5, 5.41) is 6.49. The van der Waals surface area contributed by atoms with Crippen molar-refractivity contribution < 1.29 is 4.79 Å². The van der Waals surface area contributed by atoms with Gasteiger partial charge in [-0.3, -0.25) is 0 Å². The van der Waals surface area contributed by atoms with E-state index in [-0.39, 0.29) is 12.1 Å². The third-order valence-corrected chi connectivity index (χ3v) is 3.64. The number of nitrogens with zero attached hydrogens (tertiary/aromatic N) is 3. The summed E-state index contributed by atoms with van der Waals surface area (Å²) in [6.45, 7) is 2.85. The number of carbonyl (C=O) groups is 1. The van der Waals surface area contributed by atoms with Crippen LogP contribution in [0.2, 0.25) is 5.02 Å². The summed E-state index contributed by atoms with van der Waals surface area (Å²) in [5.74, 6) is 0.682. The van der Waals surface area contributed by atoms with Crippen molar-refractivity contribution in [1.82, 2.24) is 25.5 Å². The minimum atomic E-state index is -0.243. The van der Waals surface area contributed by atoms with Crippen molar-refractivity contribution in [3.05, 3.63) is 58.6 Å². The molecule has 0 aliphatic rings. The van der Waals surface area contributed by atoms with Crippen LogP contribution in [0.3, 0.4) is 0 Å². The van der Waals surface area contributed by atoms with E-state index in [1.165, 1.54) is 0 Å². The molecular weight excluding hydrogens is 326 g/mol. The fraction of sp³-hybridized carbons (Fsp3) is 0.353. The Morgan fingerprint density at radius 1 is 1.25 bits per heavy atom. The maximum Gasteiger partial charge on any atom is 0.315 e. The number of aryl methyl sites for hydroxylation is 1. The molecule has 24 heavy (non-hydrogen) atoms. The van der Waals surface area contributed by atoms with Crippen LogP contribution < -0.4 is 10.6 Å². The third-order valence-electron chi connectivity index (χ3n) is 3.39. The van der Waals surface area contributed by atoms with Crippen molar-refractivity contribution in [2.24, 2.45) is 0 Å². The van der Waals surface area contributed by atoms with Crippen molar-refractivity contribution in [2.75, 3.05) is 20.6 Å². The first-order valence-electron chi connectivity index (χ1n) is 7.67. The molecule has 0 radical (unpaired) electrons. The molecule has 0 spiro atoms. The molecule has 0 aliphatic carbocycles. The minimum Gasteiger partial charge on any atom is -0.332 e. The van der Waals surface area contributed by atoms with E-state index >= 15 is 0 Å². The summed E-state index contributed by atoms with van der Waals surface area (Å²) in [6.07, 6.45) is 1.68. The Morgan fingerprint density at radius 3 is 2.58 bits per heavy atom. The number of hydrogen-bond acceptors (Lipinski definition) is 4. The number of rotatable bonds is 6. The van der Waals surface area contributed by atoms with Crippen molar-refractivity contribution in [3.8, 4) is 0 Å². The van der Waals surface area contributed by atoms with Crippen molar-refractivity contribution in [1.29, 1.82) is 0 Å². The molecule has 7 heteroatoms. The monoisotopic (exact) mass is 347 g/mol. The number of aromatic nitrogens is 2. The second-order valence-corrected chi connectivity index (χ2v) is 6.23. The van der Waals surface area contributed by atoms with Crippen LogP contribution in [-0.4, -0.2) is 41.5 Å². The smallest absolute Gasteiger partial charge is 0.315 e. The van der Waals surface area contributed by atoms with Gasteiger partial charge >= 0.3 is 6.03 Å². The molecule has 0 aliphatic heterocycles. The highest BCUT2D eigenvalue weighted by Crippen LogP contribution is 2.17. The Balaban J connectivity index is 1.97. The van der Waals surface area contributed by atoms with Crippen LogP contribution in [0, 0.1) is 6.92 Å². The van der Waals surface area contributed by atoms with E-state index in [9.17, 15) is 4.79 Å².